The van der Waals surface area contributed by atoms with Gasteiger partial charge in [0.15, 0.2) is 5.96 Å². The second kappa shape index (κ2) is 10.0. The smallest absolute Gasteiger partial charge is 0.208 e. The van der Waals surface area contributed by atoms with Gasteiger partial charge < -0.3 is 15.1 Å². The summed E-state index contributed by atoms with van der Waals surface area (Å²) in [6.07, 6.45) is 2.15. The number of aryl methyl sites for hydroxylation is 2. The molecule has 8 heteroatoms. The van der Waals surface area contributed by atoms with Crippen LogP contribution in [0.5, 0.6) is 0 Å². The van der Waals surface area contributed by atoms with Gasteiger partial charge in [0, 0.05) is 25.2 Å². The molecule has 0 saturated carbocycles. The minimum Gasteiger partial charge on any atom is -0.444 e. The molecule has 2 N–H and O–H groups in total. The highest BCUT2D eigenvalue weighted by atomic mass is 19.1. The Labute approximate surface area is 176 Å². The van der Waals surface area contributed by atoms with E-state index >= 15 is 0 Å². The van der Waals surface area contributed by atoms with Crippen molar-refractivity contribution in [1.82, 2.24) is 20.5 Å². The number of guanidine groups is 1. The van der Waals surface area contributed by atoms with Crippen LogP contribution in [0, 0.1) is 31.4 Å². The summed E-state index contributed by atoms with van der Waals surface area (Å²) in [7, 11) is 1.69. The van der Waals surface area contributed by atoms with Crippen LogP contribution < -0.4 is 10.6 Å². The Hall–Kier alpha value is -2.48. The Bertz CT molecular complexity index is 855. The lowest BCUT2D eigenvalue weighted by Crippen LogP contribution is -2.43. The zero-order valence-electron chi connectivity index (χ0n) is 18.1. The maximum absolute atomic E-state index is 14.0. The summed E-state index contributed by atoms with van der Waals surface area (Å²) in [5.41, 5.74) is 1.36. The third-order valence-electron chi connectivity index (χ3n) is 5.70. The van der Waals surface area contributed by atoms with Gasteiger partial charge in [0.1, 0.15) is 17.4 Å². The van der Waals surface area contributed by atoms with Gasteiger partial charge in [-0.25, -0.2) is 13.8 Å². The molecule has 1 saturated heterocycles. The molecule has 164 valence electrons. The fourth-order valence-electron chi connectivity index (χ4n) is 3.72. The second-order valence-corrected chi connectivity index (χ2v) is 7.95. The van der Waals surface area contributed by atoms with Gasteiger partial charge in [-0.05, 0) is 58.7 Å². The summed E-state index contributed by atoms with van der Waals surface area (Å²) in [5.74, 6) is 1.68. The number of rotatable bonds is 6. The number of aliphatic imine (C=N–C) groups is 1. The topological polar surface area (TPSA) is 65.7 Å². The summed E-state index contributed by atoms with van der Waals surface area (Å²) in [6, 6.07) is 3.30. The van der Waals surface area contributed by atoms with Crippen molar-refractivity contribution in [2.45, 2.75) is 46.2 Å². The van der Waals surface area contributed by atoms with Gasteiger partial charge in [-0.15, -0.1) is 0 Å². The van der Waals surface area contributed by atoms with Crippen molar-refractivity contribution in [2.24, 2.45) is 10.9 Å². The first-order chi connectivity index (χ1) is 14.4. The van der Waals surface area contributed by atoms with Crippen LogP contribution >= 0.6 is 0 Å². The second-order valence-electron chi connectivity index (χ2n) is 7.95. The number of piperidine rings is 1. The highest BCUT2D eigenvalue weighted by Crippen LogP contribution is 2.20. The van der Waals surface area contributed by atoms with Crippen molar-refractivity contribution >= 4 is 5.96 Å². The molecule has 6 nitrogen and oxygen atoms in total. The van der Waals surface area contributed by atoms with E-state index in [2.05, 4.69) is 25.5 Å². The minimum atomic E-state index is -0.578. The maximum Gasteiger partial charge on any atom is 0.208 e. The highest BCUT2D eigenvalue weighted by Gasteiger charge is 2.21. The normalized spacial score (nSPS) is 17.2. The number of oxazole rings is 1. The van der Waals surface area contributed by atoms with Crippen molar-refractivity contribution in [1.29, 1.82) is 0 Å². The van der Waals surface area contributed by atoms with E-state index < -0.39 is 11.6 Å². The number of halogens is 2. The van der Waals surface area contributed by atoms with E-state index in [0.29, 0.717) is 17.4 Å². The number of hydrogen-bond acceptors (Lipinski definition) is 4. The summed E-state index contributed by atoms with van der Waals surface area (Å²) in [4.78, 5) is 11.1. The van der Waals surface area contributed by atoms with E-state index in [0.717, 1.165) is 62.4 Å². The Morgan fingerprint density at radius 1 is 1.30 bits per heavy atom. The number of nitrogens with zero attached hydrogens (tertiary/aromatic N) is 3. The zero-order valence-corrected chi connectivity index (χ0v) is 18.1. The fourth-order valence-corrected chi connectivity index (χ4v) is 3.72. The van der Waals surface area contributed by atoms with Gasteiger partial charge >= 0.3 is 0 Å². The molecular formula is C22H31F2N5O. The lowest BCUT2D eigenvalue weighted by molar-refractivity contribution is 0.164. The number of benzene rings is 1. The van der Waals surface area contributed by atoms with Gasteiger partial charge in [-0.3, -0.25) is 9.89 Å². The third-order valence-corrected chi connectivity index (χ3v) is 5.70. The van der Waals surface area contributed by atoms with Crippen molar-refractivity contribution in [2.75, 3.05) is 26.7 Å². The van der Waals surface area contributed by atoms with Crippen LogP contribution in [-0.2, 0) is 6.54 Å². The van der Waals surface area contributed by atoms with Crippen LogP contribution in [0.2, 0.25) is 0 Å². The van der Waals surface area contributed by atoms with Gasteiger partial charge in [0.25, 0.3) is 0 Å². The Kier molecular flexibility index (Phi) is 7.42. The summed E-state index contributed by atoms with van der Waals surface area (Å²) in [5, 5.41) is 6.52. The van der Waals surface area contributed by atoms with E-state index in [1.807, 2.05) is 20.8 Å². The molecule has 2 heterocycles. The van der Waals surface area contributed by atoms with Gasteiger partial charge in [-0.1, -0.05) is 6.07 Å². The van der Waals surface area contributed by atoms with Gasteiger partial charge in [-0.2, -0.15) is 0 Å². The molecular weight excluding hydrogens is 388 g/mol. The van der Waals surface area contributed by atoms with E-state index in [-0.39, 0.29) is 6.04 Å². The van der Waals surface area contributed by atoms with Crippen LogP contribution in [0.4, 0.5) is 8.78 Å². The molecule has 0 radical (unpaired) electrons. The molecule has 0 amide bonds. The number of nitrogens with one attached hydrogen (secondary N) is 2. The first kappa shape index (κ1) is 22.2. The summed E-state index contributed by atoms with van der Waals surface area (Å²) >= 11 is 0. The Morgan fingerprint density at radius 2 is 2.03 bits per heavy atom. The van der Waals surface area contributed by atoms with Crippen molar-refractivity contribution in [3.8, 4) is 0 Å². The molecule has 1 aromatic heterocycles. The Balaban J connectivity index is 1.43. The first-order valence-electron chi connectivity index (χ1n) is 10.4. The molecule has 0 aliphatic carbocycles. The molecule has 0 spiro atoms. The van der Waals surface area contributed by atoms with Crippen LogP contribution in [0.15, 0.2) is 27.6 Å². The van der Waals surface area contributed by atoms with Crippen LogP contribution in [0.25, 0.3) is 0 Å². The first-order valence-corrected chi connectivity index (χ1v) is 10.4. The number of aromatic nitrogens is 1. The van der Waals surface area contributed by atoms with Crippen molar-refractivity contribution < 1.29 is 13.2 Å². The minimum absolute atomic E-state index is 0.327. The summed E-state index contributed by atoms with van der Waals surface area (Å²) in [6.45, 7) is 9.27. The molecule has 1 aliphatic rings. The quantitative estimate of drug-likeness (QED) is 0.552. The van der Waals surface area contributed by atoms with Crippen LogP contribution in [-0.4, -0.2) is 42.5 Å². The van der Waals surface area contributed by atoms with Gasteiger partial charge in [0.2, 0.25) is 5.89 Å². The SMILES string of the molecule is CN=C(NCC1CCN(Cc2nc(C)c(C)o2)CC1)NC(C)c1ccc(F)cc1F. The number of hydrogen-bond donors (Lipinski definition) is 2. The van der Waals surface area contributed by atoms with Gasteiger partial charge in [0.05, 0.1) is 18.3 Å². The molecule has 1 unspecified atom stereocenters. The molecule has 2 aromatic rings. The van der Waals surface area contributed by atoms with E-state index in [1.54, 1.807) is 7.05 Å². The van der Waals surface area contributed by atoms with Crippen molar-refractivity contribution in [3.63, 3.8) is 0 Å². The lowest BCUT2D eigenvalue weighted by Gasteiger charge is -2.31. The standard InChI is InChI=1S/C22H31F2N5O/c1-14-16(3)30-21(27-14)13-29-9-7-17(8-10-29)12-26-22(25-4)28-15(2)19-6-5-18(23)11-20(19)24/h5-6,11,15,17H,7-10,12-13H2,1-4H3,(H2,25,26,28). The third kappa shape index (κ3) is 5.78. The predicted octanol–water partition coefficient (Wildman–Crippen LogP) is 3.71. The molecule has 1 aromatic carbocycles. The van der Waals surface area contributed by atoms with E-state index in [1.165, 1.54) is 12.1 Å². The molecule has 30 heavy (non-hydrogen) atoms. The average Bonchev–Trinajstić information content (AvgIpc) is 3.03. The fraction of sp³-hybridized carbons (Fsp3) is 0.545. The average molecular weight is 420 g/mol. The summed E-state index contributed by atoms with van der Waals surface area (Å²) < 4.78 is 32.8. The van der Waals surface area contributed by atoms with Crippen LogP contribution in [0.1, 0.15) is 48.7 Å². The molecule has 0 bridgehead atoms. The molecule has 1 fully saturated rings. The lowest BCUT2D eigenvalue weighted by atomic mass is 9.97. The van der Waals surface area contributed by atoms with E-state index in [4.69, 9.17) is 4.42 Å². The molecule has 1 atom stereocenters. The van der Waals surface area contributed by atoms with Crippen molar-refractivity contribution in [3.05, 3.63) is 52.7 Å². The largest absolute Gasteiger partial charge is 0.444 e. The van der Waals surface area contributed by atoms with E-state index in [9.17, 15) is 8.78 Å². The zero-order chi connectivity index (χ0) is 21.7. The van der Waals surface area contributed by atoms with Crippen LogP contribution in [0.3, 0.4) is 0 Å². The predicted molar refractivity (Wildman–Crippen MR) is 113 cm³/mol. The molecule has 1 aliphatic heterocycles. The monoisotopic (exact) mass is 419 g/mol. The number of likely N-dealkylation sites (tertiary alicyclic amines) is 1. The highest BCUT2D eigenvalue weighted by molar-refractivity contribution is 5.80. The molecule has 3 rings (SSSR count). The maximum atomic E-state index is 14.0. The Morgan fingerprint density at radius 3 is 2.63 bits per heavy atom.